The lowest BCUT2D eigenvalue weighted by Crippen LogP contribution is -2.12. The summed E-state index contributed by atoms with van der Waals surface area (Å²) in [6, 6.07) is 15.7. The molecule has 2 heterocycles. The lowest BCUT2D eigenvalue weighted by atomic mass is 10.0. The zero-order valence-corrected chi connectivity index (χ0v) is 20.8. The van der Waals surface area contributed by atoms with E-state index in [4.69, 9.17) is 20.8 Å². The van der Waals surface area contributed by atoms with Crippen molar-refractivity contribution in [2.45, 2.75) is 46.8 Å². The Morgan fingerprint density at radius 3 is 2.71 bits per heavy atom. The number of amides is 1. The van der Waals surface area contributed by atoms with Gasteiger partial charge in [-0.05, 0) is 61.2 Å². The number of nitrogens with one attached hydrogen (secondary N) is 1. The molecule has 1 amide bonds. The van der Waals surface area contributed by atoms with E-state index in [0.29, 0.717) is 28.1 Å². The Balaban J connectivity index is 1.41. The first-order chi connectivity index (χ1) is 16.7. The number of benzene rings is 2. The third-order valence-electron chi connectivity index (χ3n) is 5.64. The number of hydrogen-bond acceptors (Lipinski definition) is 4. The van der Waals surface area contributed by atoms with Crippen molar-refractivity contribution < 1.29 is 18.3 Å². The number of carbonyl (C=O) groups excluding carboxylic acids is 1. The van der Waals surface area contributed by atoms with E-state index in [0.717, 1.165) is 22.6 Å². The van der Waals surface area contributed by atoms with Crippen LogP contribution in [0, 0.1) is 19.7 Å². The molecule has 0 aliphatic rings. The van der Waals surface area contributed by atoms with Crippen molar-refractivity contribution in [3.63, 3.8) is 0 Å². The van der Waals surface area contributed by atoms with Gasteiger partial charge in [0, 0.05) is 22.3 Å². The van der Waals surface area contributed by atoms with E-state index in [2.05, 4.69) is 36.4 Å². The molecule has 4 aromatic rings. The van der Waals surface area contributed by atoms with E-state index in [9.17, 15) is 9.18 Å². The molecule has 2 aromatic carbocycles. The normalized spacial score (nSPS) is 11.2. The zero-order chi connectivity index (χ0) is 25.1. The van der Waals surface area contributed by atoms with Gasteiger partial charge < -0.3 is 14.5 Å². The maximum atomic E-state index is 14.1. The summed E-state index contributed by atoms with van der Waals surface area (Å²) in [5.74, 6) is 1.27. The Morgan fingerprint density at radius 2 is 1.97 bits per heavy atom. The number of ether oxygens (including phenoxy) is 1. The van der Waals surface area contributed by atoms with Crippen LogP contribution in [0.4, 0.5) is 10.2 Å². The monoisotopic (exact) mass is 495 g/mol. The van der Waals surface area contributed by atoms with Gasteiger partial charge in [0.15, 0.2) is 11.6 Å². The van der Waals surface area contributed by atoms with Crippen LogP contribution in [-0.4, -0.2) is 15.7 Å². The summed E-state index contributed by atoms with van der Waals surface area (Å²) in [5, 5.41) is 7.41. The third kappa shape index (κ3) is 5.74. The molecule has 0 saturated heterocycles. The molecule has 0 saturated carbocycles. The highest BCUT2D eigenvalue weighted by atomic mass is 35.5. The Bertz CT molecular complexity index is 1340. The molecule has 0 aliphatic carbocycles. The number of carbonyl (C=O) groups is 1. The van der Waals surface area contributed by atoms with Crippen LogP contribution >= 0.6 is 11.6 Å². The Kier molecular flexibility index (Phi) is 7.26. The Morgan fingerprint density at radius 1 is 1.17 bits per heavy atom. The predicted octanol–water partition coefficient (Wildman–Crippen LogP) is 6.89. The van der Waals surface area contributed by atoms with Crippen LogP contribution in [0.25, 0.3) is 0 Å². The van der Waals surface area contributed by atoms with Crippen molar-refractivity contribution in [2.24, 2.45) is 0 Å². The largest absolute Gasteiger partial charge is 0.485 e. The summed E-state index contributed by atoms with van der Waals surface area (Å²) >= 11 is 6.13. The van der Waals surface area contributed by atoms with Crippen LogP contribution < -0.4 is 10.1 Å². The number of furan rings is 1. The number of aromatic nitrogens is 2. The highest BCUT2D eigenvalue weighted by Crippen LogP contribution is 2.28. The molecule has 0 aliphatic heterocycles. The fraction of sp³-hybridized carbons (Fsp3) is 0.259. The fourth-order valence-electron chi connectivity index (χ4n) is 3.71. The van der Waals surface area contributed by atoms with Crippen molar-refractivity contribution >= 4 is 23.3 Å². The number of rotatable bonds is 8. The topological polar surface area (TPSA) is 69.3 Å². The number of nitrogens with zero attached hydrogens (tertiary/aromatic N) is 2. The second-order valence-electron chi connectivity index (χ2n) is 8.73. The average Bonchev–Trinajstić information content (AvgIpc) is 3.41. The van der Waals surface area contributed by atoms with Crippen molar-refractivity contribution in [1.82, 2.24) is 9.78 Å². The van der Waals surface area contributed by atoms with Gasteiger partial charge in [-0.2, -0.15) is 5.10 Å². The molecule has 182 valence electrons. The van der Waals surface area contributed by atoms with Gasteiger partial charge in [0.1, 0.15) is 23.9 Å². The first-order valence-electron chi connectivity index (χ1n) is 11.3. The maximum absolute atomic E-state index is 14.1. The first-order valence-corrected chi connectivity index (χ1v) is 11.7. The Hall–Kier alpha value is -3.58. The van der Waals surface area contributed by atoms with E-state index in [-0.39, 0.29) is 18.9 Å². The van der Waals surface area contributed by atoms with Gasteiger partial charge >= 0.3 is 0 Å². The van der Waals surface area contributed by atoms with Crippen LogP contribution in [0.5, 0.6) is 5.75 Å². The minimum absolute atomic E-state index is 0.140. The van der Waals surface area contributed by atoms with Crippen LogP contribution in [0.2, 0.25) is 5.02 Å². The van der Waals surface area contributed by atoms with E-state index < -0.39 is 11.7 Å². The molecule has 1 N–H and O–H groups in total. The second-order valence-corrected chi connectivity index (χ2v) is 9.14. The van der Waals surface area contributed by atoms with Gasteiger partial charge in [-0.25, -0.2) is 4.39 Å². The summed E-state index contributed by atoms with van der Waals surface area (Å²) in [4.78, 5) is 12.7. The number of halogens is 2. The van der Waals surface area contributed by atoms with Crippen molar-refractivity contribution in [2.75, 3.05) is 5.32 Å². The van der Waals surface area contributed by atoms with Crippen LogP contribution in [0.15, 0.2) is 59.0 Å². The van der Waals surface area contributed by atoms with Crippen molar-refractivity contribution in [3.8, 4) is 5.75 Å². The van der Waals surface area contributed by atoms with Gasteiger partial charge in [0.05, 0.1) is 6.54 Å². The van der Waals surface area contributed by atoms with Gasteiger partial charge in [0.25, 0.3) is 5.91 Å². The minimum atomic E-state index is -0.441. The lowest BCUT2D eigenvalue weighted by Gasteiger charge is -2.14. The molecular weight excluding hydrogens is 469 g/mol. The number of hydrogen-bond donors (Lipinski definition) is 1. The third-order valence-corrected chi connectivity index (χ3v) is 5.99. The van der Waals surface area contributed by atoms with Crippen LogP contribution in [0.3, 0.4) is 0 Å². The molecule has 0 fully saturated rings. The molecule has 0 bridgehead atoms. The molecule has 0 radical (unpaired) electrons. The maximum Gasteiger partial charge on any atom is 0.292 e. The molecule has 0 atom stereocenters. The zero-order valence-electron chi connectivity index (χ0n) is 20.1. The number of anilines is 1. The summed E-state index contributed by atoms with van der Waals surface area (Å²) in [6.07, 6.45) is 0. The van der Waals surface area contributed by atoms with Crippen molar-refractivity contribution in [1.29, 1.82) is 0 Å². The average molecular weight is 496 g/mol. The molecule has 6 nitrogen and oxygen atoms in total. The molecule has 0 unspecified atom stereocenters. The summed E-state index contributed by atoms with van der Waals surface area (Å²) in [5.41, 5.74) is 3.30. The van der Waals surface area contributed by atoms with E-state index in [1.807, 2.05) is 19.9 Å². The van der Waals surface area contributed by atoms with Gasteiger partial charge in [-0.15, -0.1) is 0 Å². The van der Waals surface area contributed by atoms with E-state index >= 15 is 0 Å². The molecule has 35 heavy (non-hydrogen) atoms. The fourth-order valence-corrected chi connectivity index (χ4v) is 3.94. The first kappa shape index (κ1) is 24.5. The molecule has 0 spiro atoms. The molecule has 2 aromatic heterocycles. The molecule has 4 rings (SSSR count). The quantitative estimate of drug-likeness (QED) is 0.289. The summed E-state index contributed by atoms with van der Waals surface area (Å²) < 4.78 is 27.4. The smallest absolute Gasteiger partial charge is 0.292 e. The molecular formula is C27H27ClFN3O3. The van der Waals surface area contributed by atoms with Crippen molar-refractivity contribution in [3.05, 3.63) is 99.3 Å². The number of aryl methyl sites for hydroxylation is 2. The Labute approximate surface area is 208 Å². The standard InChI is InChI=1S/C27H27ClFN3O3/c1-16(2)20-10-8-17(3)12-25(20)34-15-19-9-11-24(35-19)27(33)30-26-13-18(4)32(31-26)14-21-22(28)6-5-7-23(21)29/h5-13,16H,14-15H2,1-4H3,(H,30,31,33). The van der Waals surface area contributed by atoms with E-state index in [1.165, 1.54) is 6.07 Å². The van der Waals surface area contributed by atoms with E-state index in [1.54, 1.807) is 35.0 Å². The second kappa shape index (κ2) is 10.4. The predicted molar refractivity (Wildman–Crippen MR) is 134 cm³/mol. The SMILES string of the molecule is Cc1ccc(C(C)C)c(OCc2ccc(C(=O)Nc3cc(C)n(Cc4c(F)cccc4Cl)n3)o2)c1. The van der Waals surface area contributed by atoms with Crippen LogP contribution in [0.1, 0.15) is 58.5 Å². The summed E-state index contributed by atoms with van der Waals surface area (Å²) in [6.45, 7) is 8.40. The highest BCUT2D eigenvalue weighted by molar-refractivity contribution is 6.31. The molecule has 8 heteroatoms. The highest BCUT2D eigenvalue weighted by Gasteiger charge is 2.16. The lowest BCUT2D eigenvalue weighted by molar-refractivity contribution is 0.0992. The van der Waals surface area contributed by atoms with Gasteiger partial charge in [-0.1, -0.05) is 43.6 Å². The minimum Gasteiger partial charge on any atom is -0.485 e. The van der Waals surface area contributed by atoms with Gasteiger partial charge in [0.2, 0.25) is 0 Å². The van der Waals surface area contributed by atoms with Crippen LogP contribution in [-0.2, 0) is 13.2 Å². The van der Waals surface area contributed by atoms with Gasteiger partial charge in [-0.3, -0.25) is 9.48 Å². The summed E-state index contributed by atoms with van der Waals surface area (Å²) in [7, 11) is 0.